The Balaban J connectivity index is 2.07. The van der Waals surface area contributed by atoms with Gasteiger partial charge in [-0.25, -0.2) is 0 Å². The molecule has 1 rings (SSSR count). The number of hydrogen-bond acceptors (Lipinski definition) is 4. The van der Waals surface area contributed by atoms with Gasteiger partial charge in [0.1, 0.15) is 0 Å². The lowest BCUT2D eigenvalue weighted by atomic mass is 10.1. The van der Waals surface area contributed by atoms with Crippen LogP contribution in [-0.2, 0) is 27.4 Å². The first kappa shape index (κ1) is 16.1. The van der Waals surface area contributed by atoms with Crippen LogP contribution in [0.2, 0.25) is 0 Å². The molecule has 0 heterocycles. The molecule has 0 aromatic heterocycles. The topological polar surface area (TPSA) is 39.7 Å². The lowest BCUT2D eigenvalue weighted by Crippen LogP contribution is -2.17. The van der Waals surface area contributed by atoms with E-state index in [9.17, 15) is 0 Å². The van der Waals surface area contributed by atoms with Gasteiger partial charge in [-0.2, -0.15) is 0 Å². The Bertz CT molecular complexity index is 331. The molecule has 0 amide bonds. The van der Waals surface area contributed by atoms with E-state index in [4.69, 9.17) is 14.2 Å². The van der Waals surface area contributed by atoms with E-state index in [0.29, 0.717) is 19.8 Å². The van der Waals surface area contributed by atoms with Gasteiger partial charge in [0.2, 0.25) is 0 Å². The summed E-state index contributed by atoms with van der Waals surface area (Å²) in [6.07, 6.45) is 1.02. The number of rotatable bonds is 11. The summed E-state index contributed by atoms with van der Waals surface area (Å²) in [6.45, 7) is 4.63. The second-order valence-electron chi connectivity index (χ2n) is 4.39. The van der Waals surface area contributed by atoms with Crippen molar-refractivity contribution in [2.75, 3.05) is 40.6 Å². The van der Waals surface area contributed by atoms with Crippen molar-refractivity contribution in [2.24, 2.45) is 0 Å². The van der Waals surface area contributed by atoms with Crippen molar-refractivity contribution in [2.45, 2.75) is 19.6 Å². The monoisotopic (exact) mass is 267 g/mol. The Hall–Kier alpha value is -0.940. The minimum atomic E-state index is 0.666. The summed E-state index contributed by atoms with van der Waals surface area (Å²) in [5.74, 6) is 0. The number of nitrogens with one attached hydrogen (secondary N) is 1. The lowest BCUT2D eigenvalue weighted by molar-refractivity contribution is 0.0695. The lowest BCUT2D eigenvalue weighted by Gasteiger charge is -2.07. The van der Waals surface area contributed by atoms with Crippen LogP contribution in [-0.4, -0.2) is 40.6 Å². The molecular weight excluding hydrogens is 242 g/mol. The summed E-state index contributed by atoms with van der Waals surface area (Å²) in [5.41, 5.74) is 2.50. The van der Waals surface area contributed by atoms with E-state index in [2.05, 4.69) is 29.6 Å². The number of hydrogen-bond donors (Lipinski definition) is 1. The fraction of sp³-hybridized carbons (Fsp3) is 0.600. The van der Waals surface area contributed by atoms with Gasteiger partial charge in [0.25, 0.3) is 0 Å². The van der Waals surface area contributed by atoms with Crippen molar-refractivity contribution < 1.29 is 14.2 Å². The standard InChI is InChI=1S/C15H25NO3/c1-17-9-10-19-8-4-7-16-12-14-5-3-6-15(11-14)13-18-2/h3,5-6,11,16H,4,7-10,12-13H2,1-2H3. The zero-order valence-electron chi connectivity index (χ0n) is 12.0. The van der Waals surface area contributed by atoms with E-state index in [1.54, 1.807) is 14.2 Å². The van der Waals surface area contributed by atoms with Crippen LogP contribution in [0.5, 0.6) is 0 Å². The molecule has 0 aliphatic heterocycles. The van der Waals surface area contributed by atoms with Gasteiger partial charge in [0, 0.05) is 27.4 Å². The molecule has 1 aromatic rings. The summed E-state index contributed by atoms with van der Waals surface area (Å²) >= 11 is 0. The van der Waals surface area contributed by atoms with E-state index in [-0.39, 0.29) is 0 Å². The number of ether oxygens (including phenoxy) is 3. The third-order valence-corrected chi connectivity index (χ3v) is 2.71. The maximum Gasteiger partial charge on any atom is 0.0713 e. The first-order valence-electron chi connectivity index (χ1n) is 6.71. The summed E-state index contributed by atoms with van der Waals surface area (Å²) in [7, 11) is 3.40. The molecule has 0 spiro atoms. The van der Waals surface area contributed by atoms with Gasteiger partial charge in [-0.1, -0.05) is 24.3 Å². The van der Waals surface area contributed by atoms with Gasteiger partial charge in [-0.05, 0) is 24.1 Å². The Morgan fingerprint density at radius 3 is 2.63 bits per heavy atom. The van der Waals surface area contributed by atoms with E-state index in [1.807, 2.05) is 0 Å². The van der Waals surface area contributed by atoms with Gasteiger partial charge in [0.05, 0.1) is 19.8 Å². The molecule has 0 fully saturated rings. The van der Waals surface area contributed by atoms with E-state index in [1.165, 1.54) is 11.1 Å². The van der Waals surface area contributed by atoms with Crippen LogP contribution in [0.15, 0.2) is 24.3 Å². The summed E-state index contributed by atoms with van der Waals surface area (Å²) in [4.78, 5) is 0. The molecule has 0 saturated carbocycles. The van der Waals surface area contributed by atoms with Crippen LogP contribution in [0, 0.1) is 0 Å². The quantitative estimate of drug-likeness (QED) is 0.622. The molecule has 0 aliphatic carbocycles. The summed E-state index contributed by atoms with van der Waals surface area (Å²) < 4.78 is 15.4. The average molecular weight is 267 g/mol. The summed E-state index contributed by atoms with van der Waals surface area (Å²) in [5, 5.41) is 3.41. The van der Waals surface area contributed by atoms with Crippen LogP contribution in [0.4, 0.5) is 0 Å². The maximum atomic E-state index is 5.40. The average Bonchev–Trinajstić information content (AvgIpc) is 2.43. The molecule has 0 saturated heterocycles. The van der Waals surface area contributed by atoms with Crippen molar-refractivity contribution in [1.82, 2.24) is 5.32 Å². The third-order valence-electron chi connectivity index (χ3n) is 2.71. The van der Waals surface area contributed by atoms with E-state index in [0.717, 1.165) is 26.1 Å². The van der Waals surface area contributed by atoms with Crippen LogP contribution >= 0.6 is 0 Å². The zero-order valence-corrected chi connectivity index (χ0v) is 12.0. The van der Waals surface area contributed by atoms with Gasteiger partial charge < -0.3 is 19.5 Å². The SMILES string of the molecule is COCCOCCCNCc1cccc(COC)c1. The Morgan fingerprint density at radius 1 is 1.00 bits per heavy atom. The predicted molar refractivity (Wildman–Crippen MR) is 76.2 cm³/mol. The van der Waals surface area contributed by atoms with Gasteiger partial charge in [0.15, 0.2) is 0 Å². The molecule has 0 unspecified atom stereocenters. The molecule has 1 N–H and O–H groups in total. The van der Waals surface area contributed by atoms with Crippen LogP contribution in [0.1, 0.15) is 17.5 Å². The predicted octanol–water partition coefficient (Wildman–Crippen LogP) is 1.98. The van der Waals surface area contributed by atoms with Gasteiger partial charge in [-0.3, -0.25) is 0 Å². The molecule has 0 atom stereocenters. The highest BCUT2D eigenvalue weighted by Crippen LogP contribution is 2.06. The largest absolute Gasteiger partial charge is 0.382 e. The summed E-state index contributed by atoms with van der Waals surface area (Å²) in [6, 6.07) is 8.45. The minimum Gasteiger partial charge on any atom is -0.382 e. The Kier molecular flexibility index (Phi) is 9.27. The molecule has 1 aromatic carbocycles. The van der Waals surface area contributed by atoms with Crippen molar-refractivity contribution in [1.29, 1.82) is 0 Å². The molecule has 4 nitrogen and oxygen atoms in total. The smallest absolute Gasteiger partial charge is 0.0713 e. The number of benzene rings is 1. The second-order valence-corrected chi connectivity index (χ2v) is 4.39. The molecule has 0 aliphatic rings. The molecule has 19 heavy (non-hydrogen) atoms. The first-order valence-corrected chi connectivity index (χ1v) is 6.71. The Morgan fingerprint density at radius 2 is 1.84 bits per heavy atom. The van der Waals surface area contributed by atoms with E-state index < -0.39 is 0 Å². The highest BCUT2D eigenvalue weighted by molar-refractivity contribution is 5.22. The molecule has 0 bridgehead atoms. The highest BCUT2D eigenvalue weighted by atomic mass is 16.5. The third kappa shape index (κ3) is 7.95. The normalized spacial score (nSPS) is 10.8. The van der Waals surface area contributed by atoms with Crippen molar-refractivity contribution >= 4 is 0 Å². The highest BCUT2D eigenvalue weighted by Gasteiger charge is 1.96. The van der Waals surface area contributed by atoms with Gasteiger partial charge in [-0.15, -0.1) is 0 Å². The fourth-order valence-electron chi connectivity index (χ4n) is 1.77. The van der Waals surface area contributed by atoms with E-state index >= 15 is 0 Å². The van der Waals surface area contributed by atoms with Crippen molar-refractivity contribution in [3.8, 4) is 0 Å². The maximum absolute atomic E-state index is 5.40. The Labute approximate surface area is 116 Å². The first-order chi connectivity index (χ1) is 9.36. The van der Waals surface area contributed by atoms with Gasteiger partial charge >= 0.3 is 0 Å². The molecule has 4 heteroatoms. The zero-order chi connectivity index (χ0) is 13.8. The van der Waals surface area contributed by atoms with Crippen LogP contribution < -0.4 is 5.32 Å². The minimum absolute atomic E-state index is 0.666. The van der Waals surface area contributed by atoms with Crippen molar-refractivity contribution in [3.05, 3.63) is 35.4 Å². The number of methoxy groups -OCH3 is 2. The van der Waals surface area contributed by atoms with Crippen LogP contribution in [0.3, 0.4) is 0 Å². The molecule has 0 radical (unpaired) electrons. The fourth-order valence-corrected chi connectivity index (χ4v) is 1.77. The second kappa shape index (κ2) is 10.9. The van der Waals surface area contributed by atoms with Crippen LogP contribution in [0.25, 0.3) is 0 Å². The van der Waals surface area contributed by atoms with Crippen molar-refractivity contribution in [3.63, 3.8) is 0 Å². The molecular formula is C15H25NO3. The molecule has 108 valence electrons.